The minimum absolute atomic E-state index is 0.0124. The lowest BCUT2D eigenvalue weighted by Gasteiger charge is -2.11. The monoisotopic (exact) mass is 324 g/mol. The second-order valence-corrected chi connectivity index (χ2v) is 5.82. The predicted molar refractivity (Wildman–Crippen MR) is 92.1 cm³/mol. The number of amides is 2. The lowest BCUT2D eigenvalue weighted by atomic mass is 9.97. The van der Waals surface area contributed by atoms with Crippen LogP contribution >= 0.6 is 0 Å². The van der Waals surface area contributed by atoms with E-state index in [9.17, 15) is 9.59 Å². The minimum Gasteiger partial charge on any atom is -0.484 e. The first-order valence-corrected chi connectivity index (χ1v) is 8.00. The number of carbonyl (C=O) groups excluding carboxylic acids is 2. The van der Waals surface area contributed by atoms with Crippen LogP contribution < -0.4 is 15.4 Å². The average molecular weight is 324 g/mol. The van der Waals surface area contributed by atoms with Gasteiger partial charge in [0.25, 0.3) is 5.91 Å². The van der Waals surface area contributed by atoms with Crippen LogP contribution in [0, 0.1) is 6.92 Å². The van der Waals surface area contributed by atoms with Crippen molar-refractivity contribution in [2.75, 3.05) is 18.5 Å². The number of para-hydroxylation sites is 2. The van der Waals surface area contributed by atoms with Gasteiger partial charge in [-0.2, -0.15) is 0 Å². The summed E-state index contributed by atoms with van der Waals surface area (Å²) in [4.78, 5) is 23.9. The molecule has 3 rings (SSSR count). The summed E-state index contributed by atoms with van der Waals surface area (Å²) in [5.74, 6) is 0.294. The number of ether oxygens (including phenoxy) is 1. The molecule has 0 saturated carbocycles. The molecule has 1 atom stereocenters. The number of carbonyl (C=O) groups is 2. The van der Waals surface area contributed by atoms with Gasteiger partial charge in [0.15, 0.2) is 6.61 Å². The molecule has 5 heteroatoms. The molecule has 0 radical (unpaired) electrons. The maximum absolute atomic E-state index is 12.0. The first kappa shape index (κ1) is 16.1. The van der Waals surface area contributed by atoms with Gasteiger partial charge in [0.05, 0.1) is 5.92 Å². The summed E-state index contributed by atoms with van der Waals surface area (Å²) in [6, 6.07) is 15.2. The van der Waals surface area contributed by atoms with Crippen LogP contribution in [0.2, 0.25) is 0 Å². The van der Waals surface area contributed by atoms with Crippen LogP contribution in [0.4, 0.5) is 5.69 Å². The maximum atomic E-state index is 12.0. The Hall–Kier alpha value is -2.82. The van der Waals surface area contributed by atoms with Crippen molar-refractivity contribution < 1.29 is 14.3 Å². The smallest absolute Gasteiger partial charge is 0.257 e. The highest BCUT2D eigenvalue weighted by molar-refractivity contribution is 6.02. The number of benzene rings is 2. The van der Waals surface area contributed by atoms with Crippen molar-refractivity contribution in [3.8, 4) is 5.75 Å². The highest BCUT2D eigenvalue weighted by Crippen LogP contribution is 2.33. The Labute approximate surface area is 141 Å². The van der Waals surface area contributed by atoms with Crippen LogP contribution in [-0.2, 0) is 9.59 Å². The number of fused-ring (bicyclic) bond motifs is 1. The fraction of sp³-hybridized carbons (Fsp3) is 0.263. The number of anilines is 1. The van der Waals surface area contributed by atoms with Crippen molar-refractivity contribution in [3.05, 3.63) is 59.7 Å². The van der Waals surface area contributed by atoms with Crippen LogP contribution in [0.15, 0.2) is 48.5 Å². The topological polar surface area (TPSA) is 67.4 Å². The molecule has 124 valence electrons. The fourth-order valence-corrected chi connectivity index (χ4v) is 2.83. The molecule has 0 aromatic heterocycles. The van der Waals surface area contributed by atoms with Gasteiger partial charge in [0, 0.05) is 12.2 Å². The molecule has 0 bridgehead atoms. The average Bonchev–Trinajstić information content (AvgIpc) is 2.90. The van der Waals surface area contributed by atoms with Gasteiger partial charge in [0.1, 0.15) is 5.75 Å². The van der Waals surface area contributed by atoms with Crippen molar-refractivity contribution in [2.24, 2.45) is 0 Å². The van der Waals surface area contributed by atoms with Gasteiger partial charge in [-0.3, -0.25) is 9.59 Å². The molecule has 2 aromatic rings. The quantitative estimate of drug-likeness (QED) is 0.858. The van der Waals surface area contributed by atoms with Gasteiger partial charge in [-0.05, 0) is 36.6 Å². The molecule has 0 aliphatic carbocycles. The number of nitrogens with one attached hydrogen (secondary N) is 2. The van der Waals surface area contributed by atoms with E-state index in [0.717, 1.165) is 16.8 Å². The summed E-state index contributed by atoms with van der Waals surface area (Å²) in [6.45, 7) is 2.34. The molecular weight excluding hydrogens is 304 g/mol. The summed E-state index contributed by atoms with van der Waals surface area (Å²) in [5.41, 5.74) is 2.85. The Balaban J connectivity index is 1.46. The number of hydrogen-bond acceptors (Lipinski definition) is 3. The van der Waals surface area contributed by atoms with E-state index in [-0.39, 0.29) is 24.3 Å². The van der Waals surface area contributed by atoms with Gasteiger partial charge >= 0.3 is 0 Å². The Kier molecular flexibility index (Phi) is 4.79. The molecule has 1 aliphatic rings. The normalized spacial score (nSPS) is 15.5. The molecule has 1 unspecified atom stereocenters. The molecule has 1 aliphatic heterocycles. The first-order valence-electron chi connectivity index (χ1n) is 8.00. The Morgan fingerprint density at radius 1 is 1.17 bits per heavy atom. The van der Waals surface area contributed by atoms with Crippen molar-refractivity contribution in [3.63, 3.8) is 0 Å². The number of hydrogen-bond donors (Lipinski definition) is 2. The van der Waals surface area contributed by atoms with E-state index in [1.54, 1.807) is 0 Å². The highest BCUT2D eigenvalue weighted by atomic mass is 16.5. The van der Waals surface area contributed by atoms with Crippen molar-refractivity contribution in [1.82, 2.24) is 5.32 Å². The Morgan fingerprint density at radius 2 is 1.92 bits per heavy atom. The molecule has 2 aromatic carbocycles. The summed E-state index contributed by atoms with van der Waals surface area (Å²) >= 11 is 0. The van der Waals surface area contributed by atoms with Crippen molar-refractivity contribution >= 4 is 17.5 Å². The zero-order valence-corrected chi connectivity index (χ0v) is 13.5. The van der Waals surface area contributed by atoms with E-state index in [1.165, 1.54) is 0 Å². The molecule has 1 heterocycles. The van der Waals surface area contributed by atoms with E-state index >= 15 is 0 Å². The zero-order valence-electron chi connectivity index (χ0n) is 13.5. The van der Waals surface area contributed by atoms with E-state index < -0.39 is 0 Å². The standard InChI is InChI=1S/C19H20N2O3/c1-13-6-2-5-9-17(13)24-12-18(22)20-11-10-15-14-7-3-4-8-16(14)21-19(15)23/h2-9,15H,10-12H2,1H3,(H,20,22)(H,21,23). The van der Waals surface area contributed by atoms with Gasteiger partial charge in [-0.15, -0.1) is 0 Å². The largest absolute Gasteiger partial charge is 0.484 e. The molecule has 0 saturated heterocycles. The molecule has 0 fully saturated rings. The van der Waals surface area contributed by atoms with Gasteiger partial charge in [0.2, 0.25) is 5.91 Å². The van der Waals surface area contributed by atoms with Crippen molar-refractivity contribution in [2.45, 2.75) is 19.3 Å². The van der Waals surface area contributed by atoms with Gasteiger partial charge in [-0.1, -0.05) is 36.4 Å². The van der Waals surface area contributed by atoms with Gasteiger partial charge < -0.3 is 15.4 Å². The fourth-order valence-electron chi connectivity index (χ4n) is 2.83. The Bertz CT molecular complexity index is 758. The van der Waals surface area contributed by atoms with E-state index in [0.29, 0.717) is 18.7 Å². The maximum Gasteiger partial charge on any atom is 0.257 e. The van der Waals surface area contributed by atoms with Crippen LogP contribution in [-0.4, -0.2) is 25.0 Å². The second kappa shape index (κ2) is 7.17. The van der Waals surface area contributed by atoms with E-state index in [4.69, 9.17) is 4.74 Å². The van der Waals surface area contributed by atoms with Crippen LogP contribution in [0.3, 0.4) is 0 Å². The van der Waals surface area contributed by atoms with Crippen LogP contribution in [0.1, 0.15) is 23.5 Å². The lowest BCUT2D eigenvalue weighted by Crippen LogP contribution is -2.31. The highest BCUT2D eigenvalue weighted by Gasteiger charge is 2.29. The van der Waals surface area contributed by atoms with E-state index in [1.807, 2.05) is 55.5 Å². The third-order valence-corrected chi connectivity index (χ3v) is 4.12. The summed E-state index contributed by atoms with van der Waals surface area (Å²) in [7, 11) is 0. The third-order valence-electron chi connectivity index (χ3n) is 4.12. The molecular formula is C19H20N2O3. The number of rotatable bonds is 6. The summed E-state index contributed by atoms with van der Waals surface area (Å²) < 4.78 is 5.51. The second-order valence-electron chi connectivity index (χ2n) is 5.82. The molecule has 0 spiro atoms. The molecule has 2 amide bonds. The third kappa shape index (κ3) is 3.56. The Morgan fingerprint density at radius 3 is 2.75 bits per heavy atom. The summed E-state index contributed by atoms with van der Waals surface area (Å²) in [5, 5.41) is 5.67. The number of aryl methyl sites for hydroxylation is 1. The predicted octanol–water partition coefficient (Wildman–Crippen LogP) is 2.62. The molecule has 24 heavy (non-hydrogen) atoms. The minimum atomic E-state index is -0.209. The molecule has 5 nitrogen and oxygen atoms in total. The van der Waals surface area contributed by atoms with Crippen LogP contribution in [0.25, 0.3) is 0 Å². The van der Waals surface area contributed by atoms with Crippen molar-refractivity contribution in [1.29, 1.82) is 0 Å². The first-order chi connectivity index (χ1) is 11.6. The molecule has 2 N–H and O–H groups in total. The lowest BCUT2D eigenvalue weighted by molar-refractivity contribution is -0.123. The van der Waals surface area contributed by atoms with Gasteiger partial charge in [-0.25, -0.2) is 0 Å². The summed E-state index contributed by atoms with van der Waals surface area (Å²) in [6.07, 6.45) is 0.568. The van der Waals surface area contributed by atoms with Crippen LogP contribution in [0.5, 0.6) is 5.75 Å². The van der Waals surface area contributed by atoms with E-state index in [2.05, 4.69) is 10.6 Å². The SMILES string of the molecule is Cc1ccccc1OCC(=O)NCCC1C(=O)Nc2ccccc21. The zero-order chi connectivity index (χ0) is 16.9.